The molecule has 3 aromatic rings. The zero-order valence-electron chi connectivity index (χ0n) is 11.8. The molecular weight excluding hydrogens is 346 g/mol. The molecule has 2 aromatic heterocycles. The van der Waals surface area contributed by atoms with Gasteiger partial charge in [0.15, 0.2) is 0 Å². The van der Waals surface area contributed by atoms with Crippen molar-refractivity contribution in [2.45, 2.75) is 0 Å². The van der Waals surface area contributed by atoms with Crippen LogP contribution in [0, 0.1) is 0 Å². The van der Waals surface area contributed by atoms with Crippen molar-refractivity contribution < 1.29 is 4.79 Å². The number of nitrogens with zero attached hydrogens (tertiary/aromatic N) is 2. The molecule has 0 saturated carbocycles. The maximum Gasteiger partial charge on any atom is 0.272 e. The summed E-state index contributed by atoms with van der Waals surface area (Å²) in [5.74, 6) is -0.191. The van der Waals surface area contributed by atoms with Gasteiger partial charge in [-0.15, -0.1) is 0 Å². The molecule has 0 atom stereocenters. The van der Waals surface area contributed by atoms with Crippen LogP contribution in [0.1, 0.15) is 10.5 Å². The fraction of sp³-hybridized carbons (Fsp3) is 0.0667. The standard InChI is InChI=1S/C15H14BrN5O/c1-21-9-13(8-18-21)19-11-3-2-4-12(6-11)20-15(22)14-5-10(16)7-17-14/h2-9,17,19H,1H3,(H,20,22). The third-order valence-electron chi connectivity index (χ3n) is 3.01. The van der Waals surface area contributed by atoms with E-state index in [0.717, 1.165) is 15.8 Å². The summed E-state index contributed by atoms with van der Waals surface area (Å²) in [6.45, 7) is 0. The van der Waals surface area contributed by atoms with Gasteiger partial charge in [0, 0.05) is 35.3 Å². The summed E-state index contributed by atoms with van der Waals surface area (Å²) in [4.78, 5) is 15.0. The lowest BCUT2D eigenvalue weighted by atomic mass is 10.2. The van der Waals surface area contributed by atoms with Crippen LogP contribution in [0.25, 0.3) is 0 Å². The van der Waals surface area contributed by atoms with Gasteiger partial charge in [-0.05, 0) is 40.2 Å². The Morgan fingerprint density at radius 3 is 2.77 bits per heavy atom. The molecule has 112 valence electrons. The molecule has 0 fully saturated rings. The number of halogens is 1. The van der Waals surface area contributed by atoms with Crippen LogP contribution < -0.4 is 10.6 Å². The van der Waals surface area contributed by atoms with Gasteiger partial charge in [-0.25, -0.2) is 0 Å². The van der Waals surface area contributed by atoms with Crippen LogP contribution in [0.15, 0.2) is 53.4 Å². The molecule has 1 aromatic carbocycles. The first-order valence-electron chi connectivity index (χ1n) is 6.61. The van der Waals surface area contributed by atoms with Gasteiger partial charge < -0.3 is 15.6 Å². The minimum atomic E-state index is -0.191. The maximum absolute atomic E-state index is 12.1. The molecule has 3 rings (SSSR count). The summed E-state index contributed by atoms with van der Waals surface area (Å²) in [5.41, 5.74) is 2.97. The van der Waals surface area contributed by atoms with Crippen molar-refractivity contribution >= 4 is 38.9 Å². The largest absolute Gasteiger partial charge is 0.356 e. The highest BCUT2D eigenvalue weighted by Crippen LogP contribution is 2.20. The molecule has 0 radical (unpaired) electrons. The van der Waals surface area contributed by atoms with E-state index >= 15 is 0 Å². The Kier molecular flexibility index (Phi) is 3.97. The van der Waals surface area contributed by atoms with Gasteiger partial charge >= 0.3 is 0 Å². The molecule has 6 nitrogen and oxygen atoms in total. The van der Waals surface area contributed by atoms with E-state index in [2.05, 4.69) is 36.6 Å². The molecule has 0 aliphatic heterocycles. The zero-order valence-corrected chi connectivity index (χ0v) is 13.4. The van der Waals surface area contributed by atoms with E-state index in [4.69, 9.17) is 0 Å². The summed E-state index contributed by atoms with van der Waals surface area (Å²) >= 11 is 3.31. The van der Waals surface area contributed by atoms with Crippen LogP contribution in [0.2, 0.25) is 0 Å². The maximum atomic E-state index is 12.1. The smallest absolute Gasteiger partial charge is 0.272 e. The topological polar surface area (TPSA) is 74.7 Å². The van der Waals surface area contributed by atoms with Crippen molar-refractivity contribution in [1.29, 1.82) is 0 Å². The molecule has 0 saturated heterocycles. The second-order valence-corrected chi connectivity index (χ2v) is 5.71. The Labute approximate surface area is 135 Å². The Morgan fingerprint density at radius 1 is 1.27 bits per heavy atom. The number of benzene rings is 1. The van der Waals surface area contributed by atoms with Gasteiger partial charge in [0.05, 0.1) is 11.9 Å². The molecule has 2 heterocycles. The number of carbonyl (C=O) groups is 1. The van der Waals surface area contributed by atoms with Gasteiger partial charge in [0.25, 0.3) is 5.91 Å². The average molecular weight is 360 g/mol. The first-order chi connectivity index (χ1) is 10.6. The fourth-order valence-electron chi connectivity index (χ4n) is 2.02. The summed E-state index contributed by atoms with van der Waals surface area (Å²) in [7, 11) is 1.86. The minimum absolute atomic E-state index is 0.191. The first kappa shape index (κ1) is 14.4. The van der Waals surface area contributed by atoms with Gasteiger partial charge in [0.2, 0.25) is 0 Å². The van der Waals surface area contributed by atoms with E-state index in [0.29, 0.717) is 11.4 Å². The number of amides is 1. The van der Waals surface area contributed by atoms with Crippen LogP contribution in [0.3, 0.4) is 0 Å². The second-order valence-electron chi connectivity index (χ2n) is 4.79. The number of aromatic nitrogens is 3. The van der Waals surface area contributed by atoms with Gasteiger partial charge in [-0.3, -0.25) is 9.48 Å². The predicted molar refractivity (Wildman–Crippen MR) is 89.4 cm³/mol. The van der Waals surface area contributed by atoms with Crippen molar-refractivity contribution in [2.75, 3.05) is 10.6 Å². The van der Waals surface area contributed by atoms with Gasteiger partial charge in [0.1, 0.15) is 5.69 Å². The second kappa shape index (κ2) is 6.07. The molecule has 3 N–H and O–H groups in total. The van der Waals surface area contributed by atoms with Gasteiger partial charge in [-0.1, -0.05) is 6.07 Å². The molecule has 7 heteroatoms. The monoisotopic (exact) mass is 359 g/mol. The molecule has 22 heavy (non-hydrogen) atoms. The highest BCUT2D eigenvalue weighted by molar-refractivity contribution is 9.10. The molecule has 0 aliphatic carbocycles. The fourth-order valence-corrected chi connectivity index (χ4v) is 2.37. The van der Waals surface area contributed by atoms with Crippen LogP contribution in [-0.4, -0.2) is 20.7 Å². The highest BCUT2D eigenvalue weighted by atomic mass is 79.9. The normalized spacial score (nSPS) is 10.5. The van der Waals surface area contributed by atoms with E-state index in [-0.39, 0.29) is 5.91 Å². The van der Waals surface area contributed by atoms with Crippen molar-refractivity contribution in [3.05, 3.63) is 59.1 Å². The third-order valence-corrected chi connectivity index (χ3v) is 3.46. The molecule has 0 aliphatic rings. The van der Waals surface area contributed by atoms with E-state index in [1.54, 1.807) is 23.1 Å². The van der Waals surface area contributed by atoms with E-state index in [9.17, 15) is 4.79 Å². The van der Waals surface area contributed by atoms with Gasteiger partial charge in [-0.2, -0.15) is 5.10 Å². The van der Waals surface area contributed by atoms with Crippen LogP contribution in [0.4, 0.5) is 17.1 Å². The first-order valence-corrected chi connectivity index (χ1v) is 7.40. The number of hydrogen-bond donors (Lipinski definition) is 3. The zero-order chi connectivity index (χ0) is 15.5. The Hall–Kier alpha value is -2.54. The lowest BCUT2D eigenvalue weighted by Crippen LogP contribution is -2.12. The average Bonchev–Trinajstić information content (AvgIpc) is 3.08. The highest BCUT2D eigenvalue weighted by Gasteiger charge is 2.08. The van der Waals surface area contributed by atoms with Crippen molar-refractivity contribution in [3.63, 3.8) is 0 Å². The number of H-pyrrole nitrogens is 1. The number of aryl methyl sites for hydroxylation is 1. The number of nitrogens with one attached hydrogen (secondary N) is 3. The summed E-state index contributed by atoms with van der Waals surface area (Å²) in [5, 5.41) is 10.2. The lowest BCUT2D eigenvalue weighted by molar-refractivity contribution is 0.102. The van der Waals surface area contributed by atoms with Crippen LogP contribution in [-0.2, 0) is 7.05 Å². The van der Waals surface area contributed by atoms with E-state index in [1.807, 2.05) is 37.5 Å². The Bertz CT molecular complexity index is 808. The number of rotatable bonds is 4. The van der Waals surface area contributed by atoms with Crippen molar-refractivity contribution in [3.8, 4) is 0 Å². The summed E-state index contributed by atoms with van der Waals surface area (Å²) in [6.07, 6.45) is 5.33. The lowest BCUT2D eigenvalue weighted by Gasteiger charge is -2.07. The Morgan fingerprint density at radius 2 is 2.09 bits per heavy atom. The third kappa shape index (κ3) is 3.37. The Balaban J connectivity index is 1.72. The molecule has 0 unspecified atom stereocenters. The molecule has 0 bridgehead atoms. The van der Waals surface area contributed by atoms with Crippen molar-refractivity contribution in [2.24, 2.45) is 7.05 Å². The number of hydrogen-bond acceptors (Lipinski definition) is 3. The quantitative estimate of drug-likeness (QED) is 0.667. The number of anilines is 3. The summed E-state index contributed by atoms with van der Waals surface area (Å²) in [6, 6.07) is 9.23. The molecule has 1 amide bonds. The molecule has 0 spiro atoms. The SMILES string of the molecule is Cn1cc(Nc2cccc(NC(=O)c3cc(Br)c[nH]3)c2)cn1. The van der Waals surface area contributed by atoms with E-state index in [1.165, 1.54) is 0 Å². The van der Waals surface area contributed by atoms with Crippen molar-refractivity contribution in [1.82, 2.24) is 14.8 Å². The van der Waals surface area contributed by atoms with E-state index < -0.39 is 0 Å². The number of aromatic amines is 1. The summed E-state index contributed by atoms with van der Waals surface area (Å²) < 4.78 is 2.56. The van der Waals surface area contributed by atoms with Crippen LogP contribution >= 0.6 is 15.9 Å². The minimum Gasteiger partial charge on any atom is -0.356 e. The van der Waals surface area contributed by atoms with Crippen LogP contribution in [0.5, 0.6) is 0 Å². The predicted octanol–water partition coefficient (Wildman–Crippen LogP) is 3.51. The molecular formula is C15H14BrN5O. The number of carbonyl (C=O) groups excluding carboxylic acids is 1.